The number of carbonyl (C=O) groups excluding carboxylic acids is 1. The maximum Gasteiger partial charge on any atom is 0.260 e. The van der Waals surface area contributed by atoms with Crippen LogP contribution in [0.3, 0.4) is 0 Å². The van der Waals surface area contributed by atoms with Crippen LogP contribution < -0.4 is 4.74 Å². The van der Waals surface area contributed by atoms with Gasteiger partial charge in [-0.2, -0.15) is 4.98 Å². The third kappa shape index (κ3) is 3.68. The second-order valence-electron chi connectivity index (χ2n) is 5.66. The van der Waals surface area contributed by atoms with E-state index in [0.717, 1.165) is 10.9 Å². The lowest BCUT2D eigenvalue weighted by molar-refractivity contribution is -0.132. The number of carbonyl (C=O) groups is 1. The molecule has 3 aromatic rings. The first kappa shape index (κ1) is 15.9. The number of aromatic nitrogens is 2. The molecule has 0 unspecified atom stereocenters. The summed E-state index contributed by atoms with van der Waals surface area (Å²) in [6.45, 7) is 2.55. The van der Waals surface area contributed by atoms with Crippen LogP contribution in [0.5, 0.6) is 5.88 Å². The molecule has 0 N–H and O–H groups in total. The van der Waals surface area contributed by atoms with Gasteiger partial charge in [-0.25, -0.2) is 4.98 Å². The van der Waals surface area contributed by atoms with Crippen molar-refractivity contribution < 1.29 is 9.53 Å². The monoisotopic (exact) mass is 321 g/mol. The third-order valence-electron chi connectivity index (χ3n) is 3.88. The van der Waals surface area contributed by atoms with Crippen LogP contribution >= 0.6 is 0 Å². The number of aryl methyl sites for hydroxylation is 1. The predicted molar refractivity (Wildman–Crippen MR) is 92.7 cm³/mol. The second kappa shape index (κ2) is 7.08. The number of rotatable bonds is 5. The molecule has 2 aromatic heterocycles. The van der Waals surface area contributed by atoms with E-state index < -0.39 is 0 Å². The highest BCUT2D eigenvalue weighted by molar-refractivity contribution is 5.78. The van der Waals surface area contributed by atoms with Gasteiger partial charge in [-0.05, 0) is 36.2 Å². The smallest absolute Gasteiger partial charge is 0.260 e. The average molecular weight is 321 g/mol. The van der Waals surface area contributed by atoms with E-state index >= 15 is 0 Å². The lowest BCUT2D eigenvalue weighted by atomic mass is 10.1. The van der Waals surface area contributed by atoms with E-state index in [1.165, 1.54) is 5.56 Å². The molecule has 5 nitrogen and oxygen atoms in total. The summed E-state index contributed by atoms with van der Waals surface area (Å²) >= 11 is 0. The maximum atomic E-state index is 12.3. The van der Waals surface area contributed by atoms with Gasteiger partial charge < -0.3 is 9.64 Å². The first-order chi connectivity index (χ1) is 11.6. The van der Waals surface area contributed by atoms with Gasteiger partial charge in [-0.15, -0.1) is 0 Å². The number of amides is 1. The molecule has 0 spiro atoms. The molecule has 0 aliphatic heterocycles. The number of fused-ring (bicyclic) bond motifs is 1. The Morgan fingerprint density at radius 1 is 1.12 bits per heavy atom. The van der Waals surface area contributed by atoms with Crippen LogP contribution in [0.2, 0.25) is 0 Å². The molecule has 24 heavy (non-hydrogen) atoms. The molecule has 0 saturated heterocycles. The van der Waals surface area contributed by atoms with Gasteiger partial charge in [0.25, 0.3) is 5.91 Å². The van der Waals surface area contributed by atoms with Gasteiger partial charge in [0.1, 0.15) is 0 Å². The number of likely N-dealkylation sites (N-methyl/N-ethyl adjacent to an activating group) is 1. The molecule has 0 radical (unpaired) electrons. The van der Waals surface area contributed by atoms with Gasteiger partial charge >= 0.3 is 0 Å². The highest BCUT2D eigenvalue weighted by atomic mass is 16.5. The maximum absolute atomic E-state index is 12.3. The lowest BCUT2D eigenvalue weighted by Gasteiger charge is -2.18. The van der Waals surface area contributed by atoms with Crippen LogP contribution in [-0.4, -0.2) is 34.4 Å². The SMILES string of the molecule is Cc1ccccc1CN(C)C(=O)COc1ccc2cccnc2n1. The Labute approximate surface area is 140 Å². The zero-order chi connectivity index (χ0) is 16.9. The number of hydrogen-bond donors (Lipinski definition) is 0. The summed E-state index contributed by atoms with van der Waals surface area (Å²) in [5, 5.41) is 0.938. The van der Waals surface area contributed by atoms with E-state index in [1.807, 2.05) is 49.4 Å². The van der Waals surface area contributed by atoms with Gasteiger partial charge in [0, 0.05) is 31.2 Å². The van der Waals surface area contributed by atoms with Crippen molar-refractivity contribution in [2.75, 3.05) is 13.7 Å². The zero-order valence-corrected chi connectivity index (χ0v) is 13.8. The van der Waals surface area contributed by atoms with Crippen LogP contribution in [0.1, 0.15) is 11.1 Å². The molecule has 122 valence electrons. The van der Waals surface area contributed by atoms with E-state index in [1.54, 1.807) is 24.2 Å². The lowest BCUT2D eigenvalue weighted by Crippen LogP contribution is -2.31. The van der Waals surface area contributed by atoms with Crippen LogP contribution in [0.15, 0.2) is 54.7 Å². The van der Waals surface area contributed by atoms with Crippen molar-refractivity contribution >= 4 is 16.9 Å². The summed E-state index contributed by atoms with van der Waals surface area (Å²) < 4.78 is 5.52. The third-order valence-corrected chi connectivity index (χ3v) is 3.88. The molecule has 0 bridgehead atoms. The van der Waals surface area contributed by atoms with Crippen molar-refractivity contribution in [1.29, 1.82) is 0 Å². The van der Waals surface area contributed by atoms with Crippen LogP contribution in [0.4, 0.5) is 0 Å². The summed E-state index contributed by atoms with van der Waals surface area (Å²) in [7, 11) is 1.77. The Kier molecular flexibility index (Phi) is 4.70. The van der Waals surface area contributed by atoms with E-state index in [0.29, 0.717) is 18.1 Å². The molecule has 0 saturated carbocycles. The topological polar surface area (TPSA) is 55.3 Å². The van der Waals surface area contributed by atoms with Gasteiger partial charge in [0.05, 0.1) is 0 Å². The summed E-state index contributed by atoms with van der Waals surface area (Å²) in [6, 6.07) is 15.4. The first-order valence-electron chi connectivity index (χ1n) is 7.76. The van der Waals surface area contributed by atoms with Gasteiger partial charge in [0.15, 0.2) is 12.3 Å². The Balaban J connectivity index is 1.60. The van der Waals surface area contributed by atoms with E-state index in [2.05, 4.69) is 9.97 Å². The molecule has 5 heteroatoms. The number of pyridine rings is 2. The molecule has 0 fully saturated rings. The number of nitrogens with zero attached hydrogens (tertiary/aromatic N) is 3. The van der Waals surface area contributed by atoms with Crippen molar-refractivity contribution in [2.45, 2.75) is 13.5 Å². The normalized spacial score (nSPS) is 10.6. The summed E-state index contributed by atoms with van der Waals surface area (Å²) in [6.07, 6.45) is 1.68. The Hall–Kier alpha value is -2.95. The van der Waals surface area contributed by atoms with E-state index in [4.69, 9.17) is 4.74 Å². The fourth-order valence-electron chi connectivity index (χ4n) is 2.39. The van der Waals surface area contributed by atoms with Crippen molar-refractivity contribution in [3.8, 4) is 5.88 Å². The fourth-order valence-corrected chi connectivity index (χ4v) is 2.39. The summed E-state index contributed by atoms with van der Waals surface area (Å²) in [4.78, 5) is 22.4. The average Bonchev–Trinajstić information content (AvgIpc) is 2.61. The Bertz CT molecular complexity index is 864. The van der Waals surface area contributed by atoms with Gasteiger partial charge in [-0.3, -0.25) is 4.79 Å². The number of hydrogen-bond acceptors (Lipinski definition) is 4. The Morgan fingerprint density at radius 3 is 2.79 bits per heavy atom. The molecule has 1 aromatic carbocycles. The Morgan fingerprint density at radius 2 is 1.96 bits per heavy atom. The molecule has 0 aliphatic rings. The second-order valence-corrected chi connectivity index (χ2v) is 5.66. The number of ether oxygens (including phenoxy) is 1. The molecule has 0 atom stereocenters. The summed E-state index contributed by atoms with van der Waals surface area (Å²) in [5.41, 5.74) is 2.90. The highest BCUT2D eigenvalue weighted by Crippen LogP contribution is 2.14. The van der Waals surface area contributed by atoms with Crippen LogP contribution in [0, 0.1) is 6.92 Å². The quantitative estimate of drug-likeness (QED) is 0.725. The zero-order valence-electron chi connectivity index (χ0n) is 13.8. The highest BCUT2D eigenvalue weighted by Gasteiger charge is 2.12. The minimum Gasteiger partial charge on any atom is -0.467 e. The van der Waals surface area contributed by atoms with Crippen molar-refractivity contribution in [3.63, 3.8) is 0 Å². The molecule has 1 amide bonds. The van der Waals surface area contributed by atoms with E-state index in [9.17, 15) is 4.79 Å². The van der Waals surface area contributed by atoms with Crippen molar-refractivity contribution in [2.24, 2.45) is 0 Å². The standard InChI is InChI=1S/C19H19N3O2/c1-14-6-3-4-7-16(14)12-22(2)18(23)13-24-17-10-9-15-8-5-11-20-19(15)21-17/h3-11H,12-13H2,1-2H3. The summed E-state index contributed by atoms with van der Waals surface area (Å²) in [5.74, 6) is 0.306. The first-order valence-corrected chi connectivity index (χ1v) is 7.76. The van der Waals surface area contributed by atoms with Crippen molar-refractivity contribution in [1.82, 2.24) is 14.9 Å². The largest absolute Gasteiger partial charge is 0.467 e. The van der Waals surface area contributed by atoms with Crippen LogP contribution in [0.25, 0.3) is 11.0 Å². The molecule has 2 heterocycles. The molecule has 0 aliphatic carbocycles. The van der Waals surface area contributed by atoms with Crippen molar-refractivity contribution in [3.05, 3.63) is 65.9 Å². The minimum absolute atomic E-state index is 0.0479. The van der Waals surface area contributed by atoms with E-state index in [-0.39, 0.29) is 12.5 Å². The van der Waals surface area contributed by atoms with Gasteiger partial charge in [-0.1, -0.05) is 24.3 Å². The van der Waals surface area contributed by atoms with Gasteiger partial charge in [0.2, 0.25) is 5.88 Å². The fraction of sp³-hybridized carbons (Fsp3) is 0.211. The predicted octanol–water partition coefficient (Wildman–Crippen LogP) is 2.98. The number of benzene rings is 1. The molecule has 3 rings (SSSR count). The minimum atomic E-state index is -0.0961. The molecular formula is C19H19N3O2. The molecular weight excluding hydrogens is 302 g/mol. The van der Waals surface area contributed by atoms with Crippen LogP contribution in [-0.2, 0) is 11.3 Å².